The zero-order valence-corrected chi connectivity index (χ0v) is 20.7. The molecule has 190 valence electrons. The number of rotatable bonds is 12. The van der Waals surface area contributed by atoms with Gasteiger partial charge in [-0.1, -0.05) is 57.2 Å². The van der Waals surface area contributed by atoms with Crippen molar-refractivity contribution in [1.29, 1.82) is 0 Å². The molecule has 0 heterocycles. The molecule has 0 saturated heterocycles. The smallest absolute Gasteiger partial charge is 0.516 e. The number of hydrogen-bond acceptors (Lipinski definition) is 4. The molecule has 1 aromatic carbocycles. The number of carbonyl (C=O) groups excluding carboxylic acids is 4. The summed E-state index contributed by atoms with van der Waals surface area (Å²) in [5.74, 6) is -0.653. The number of urea groups is 1. The van der Waals surface area contributed by atoms with Crippen molar-refractivity contribution in [2.24, 2.45) is 11.8 Å². The molecule has 7 N–H and O–H groups in total. The second-order valence-corrected chi connectivity index (χ2v) is 9.30. The van der Waals surface area contributed by atoms with E-state index < -0.39 is 12.0 Å². The molecule has 0 radical (unpaired) electrons. The first-order chi connectivity index (χ1) is 16.6. The summed E-state index contributed by atoms with van der Waals surface area (Å²) < 4.78 is 0. The zero-order valence-electron chi connectivity index (χ0n) is 20.7. The standard InChI is InChI=1S/C26H36N4O5/c1-17(2)15-22(25(34)27-14-6-9-24(32)33)29-23(31)16-19-10-12-20(13-11-19)28-26(35)30-21-8-5-4-7-18(21)3/h4-5,7-8,10-13,17-18,21-22H,6,9,14-16H2,1-3H3,(H,27,34)(H,29,31)(H,32,33)(H2,28,30,35)/p+2. The van der Waals surface area contributed by atoms with Crippen LogP contribution in [0.4, 0.5) is 10.5 Å². The molecule has 0 spiro atoms. The Morgan fingerprint density at radius 1 is 1.06 bits per heavy atom. The monoisotopic (exact) mass is 486 g/mol. The molecule has 9 nitrogen and oxygen atoms in total. The van der Waals surface area contributed by atoms with Gasteiger partial charge in [0.1, 0.15) is 12.5 Å². The largest absolute Gasteiger partial charge is 0.565 e. The van der Waals surface area contributed by atoms with E-state index in [1.54, 1.807) is 24.3 Å². The maximum absolute atomic E-state index is 12.6. The number of nitrogens with one attached hydrogen (secondary N) is 3. The molecule has 1 aliphatic carbocycles. The van der Waals surface area contributed by atoms with E-state index in [0.29, 0.717) is 25.1 Å². The Morgan fingerprint density at radius 2 is 1.74 bits per heavy atom. The van der Waals surface area contributed by atoms with Crippen LogP contribution in [0.3, 0.4) is 0 Å². The van der Waals surface area contributed by atoms with Crippen LogP contribution in [0.5, 0.6) is 0 Å². The predicted octanol–water partition coefficient (Wildman–Crippen LogP) is 1.13. The number of benzene rings is 1. The lowest BCUT2D eigenvalue weighted by atomic mass is 9.97. The summed E-state index contributed by atoms with van der Waals surface area (Å²) >= 11 is 0. The van der Waals surface area contributed by atoms with Gasteiger partial charge >= 0.3 is 17.9 Å². The highest BCUT2D eigenvalue weighted by atomic mass is 16.4. The van der Waals surface area contributed by atoms with E-state index in [4.69, 9.17) is 5.11 Å². The van der Waals surface area contributed by atoms with E-state index in [2.05, 4.69) is 16.0 Å². The molecular formula is C26H38N4O5+2. The van der Waals surface area contributed by atoms with Crippen LogP contribution < -0.4 is 21.3 Å². The van der Waals surface area contributed by atoms with Crippen molar-refractivity contribution in [3.05, 3.63) is 54.1 Å². The van der Waals surface area contributed by atoms with Crippen LogP contribution in [0.2, 0.25) is 0 Å². The molecule has 0 aromatic heterocycles. The number of hydrogen-bond donors (Lipinski definition) is 4. The highest BCUT2D eigenvalue weighted by Gasteiger charge is 2.25. The van der Waals surface area contributed by atoms with Crippen molar-refractivity contribution in [1.82, 2.24) is 10.6 Å². The quantitative estimate of drug-likeness (QED) is 0.259. The Balaban J connectivity index is 1.84. The molecule has 1 aromatic rings. The van der Waals surface area contributed by atoms with Gasteiger partial charge in [-0.25, -0.2) is 9.59 Å². The van der Waals surface area contributed by atoms with Crippen LogP contribution in [0, 0.1) is 11.8 Å². The lowest BCUT2D eigenvalue weighted by Gasteiger charge is -2.22. The van der Waals surface area contributed by atoms with Gasteiger partial charge in [0.2, 0.25) is 5.91 Å². The van der Waals surface area contributed by atoms with E-state index >= 15 is 0 Å². The Kier molecular flexibility index (Phi) is 11.2. The number of amides is 4. The topological polar surface area (TPSA) is 144 Å². The molecular weight excluding hydrogens is 448 g/mol. The second kappa shape index (κ2) is 14.1. The van der Waals surface area contributed by atoms with Crippen molar-refractivity contribution >= 4 is 29.5 Å². The highest BCUT2D eigenvalue weighted by Crippen LogP contribution is 2.13. The number of primary amides is 1. The van der Waals surface area contributed by atoms with Gasteiger partial charge in [0.15, 0.2) is 0 Å². The van der Waals surface area contributed by atoms with Crippen LogP contribution in [-0.2, 0) is 20.8 Å². The molecule has 0 fully saturated rings. The van der Waals surface area contributed by atoms with Crippen molar-refractivity contribution in [3.8, 4) is 0 Å². The Hall–Kier alpha value is -3.46. The first kappa shape index (κ1) is 27.8. The SMILES string of the molecule is CC(C)CC(NC(=O)Cc1ccc(NC(=O)NC2C=CC=CC2C)cc1)C(=O)[NH2+]CCCC(=O)[OH2+]. The normalized spacial score (nSPS) is 17.6. The zero-order chi connectivity index (χ0) is 25.8. The van der Waals surface area contributed by atoms with Crippen molar-refractivity contribution in [2.75, 3.05) is 11.9 Å². The molecule has 0 aliphatic heterocycles. The molecule has 0 saturated carbocycles. The van der Waals surface area contributed by atoms with Gasteiger partial charge in [-0.3, -0.25) is 10.1 Å². The number of anilines is 1. The summed E-state index contributed by atoms with van der Waals surface area (Å²) in [6.07, 6.45) is 9.03. The Labute approximate surface area is 206 Å². The minimum atomic E-state index is -0.645. The first-order valence-electron chi connectivity index (χ1n) is 12.1. The summed E-state index contributed by atoms with van der Waals surface area (Å²) in [7, 11) is 0. The third kappa shape index (κ3) is 10.6. The molecule has 1 aliphatic rings. The second-order valence-electron chi connectivity index (χ2n) is 9.30. The van der Waals surface area contributed by atoms with Gasteiger partial charge in [-0.05, 0) is 36.0 Å². The average Bonchev–Trinajstić information content (AvgIpc) is 2.78. The molecule has 4 amide bonds. The van der Waals surface area contributed by atoms with E-state index in [9.17, 15) is 19.2 Å². The van der Waals surface area contributed by atoms with E-state index in [1.807, 2.05) is 45.1 Å². The van der Waals surface area contributed by atoms with Gasteiger partial charge in [0.25, 0.3) is 0 Å². The van der Waals surface area contributed by atoms with Crippen LogP contribution in [-0.4, -0.2) is 47.5 Å². The molecule has 3 atom stereocenters. The third-order valence-electron chi connectivity index (χ3n) is 5.62. The van der Waals surface area contributed by atoms with E-state index in [1.165, 1.54) is 5.32 Å². The Morgan fingerprint density at radius 3 is 2.37 bits per heavy atom. The summed E-state index contributed by atoms with van der Waals surface area (Å²) in [6.45, 7) is 6.40. The van der Waals surface area contributed by atoms with Gasteiger partial charge in [0, 0.05) is 16.9 Å². The fourth-order valence-corrected chi connectivity index (χ4v) is 3.72. The number of allylic oxidation sites excluding steroid dienone is 2. The summed E-state index contributed by atoms with van der Waals surface area (Å²) in [5.41, 5.74) is 1.37. The molecule has 2 rings (SSSR count). The van der Waals surface area contributed by atoms with Crippen LogP contribution in [0.25, 0.3) is 0 Å². The van der Waals surface area contributed by atoms with Crippen LogP contribution >= 0.6 is 0 Å². The maximum atomic E-state index is 12.6. The minimum Gasteiger partial charge on any atom is -0.565 e. The fraction of sp³-hybridized carbons (Fsp3) is 0.462. The number of nitrogens with two attached hydrogens (primary N) is 1. The molecule has 3 unspecified atom stereocenters. The number of carbonyl (C=O) groups is 4. The molecule has 9 heteroatoms. The maximum Gasteiger partial charge on any atom is 0.516 e. The summed E-state index contributed by atoms with van der Waals surface area (Å²) in [6, 6.07) is 6.02. The number of quaternary nitrogens is 1. The lowest BCUT2D eigenvalue weighted by Crippen LogP contribution is -2.91. The molecule has 35 heavy (non-hydrogen) atoms. The minimum absolute atomic E-state index is 0.0677. The van der Waals surface area contributed by atoms with Crippen molar-refractivity contribution in [3.63, 3.8) is 0 Å². The van der Waals surface area contributed by atoms with Gasteiger partial charge < -0.3 is 21.1 Å². The fourth-order valence-electron chi connectivity index (χ4n) is 3.72. The molecule has 0 bridgehead atoms. The van der Waals surface area contributed by atoms with Crippen LogP contribution in [0.1, 0.15) is 45.6 Å². The van der Waals surface area contributed by atoms with Gasteiger partial charge in [0.05, 0.1) is 19.0 Å². The average molecular weight is 487 g/mol. The van der Waals surface area contributed by atoms with E-state index in [-0.39, 0.29) is 48.6 Å². The highest BCUT2D eigenvalue weighted by molar-refractivity contribution is 5.90. The van der Waals surface area contributed by atoms with Crippen LogP contribution in [0.15, 0.2) is 48.6 Å². The lowest BCUT2D eigenvalue weighted by molar-refractivity contribution is -0.570. The third-order valence-corrected chi connectivity index (χ3v) is 5.62. The van der Waals surface area contributed by atoms with Crippen molar-refractivity contribution in [2.45, 2.75) is 58.5 Å². The van der Waals surface area contributed by atoms with E-state index in [0.717, 1.165) is 5.56 Å². The van der Waals surface area contributed by atoms with Gasteiger partial charge in [-0.2, -0.15) is 0 Å². The summed E-state index contributed by atoms with van der Waals surface area (Å²) in [4.78, 5) is 48.2. The van der Waals surface area contributed by atoms with Gasteiger partial charge in [-0.15, -0.1) is 0 Å². The predicted molar refractivity (Wildman–Crippen MR) is 135 cm³/mol. The summed E-state index contributed by atoms with van der Waals surface area (Å²) in [5, 5.41) is 17.0. The van der Waals surface area contributed by atoms with Crippen molar-refractivity contribution < 1.29 is 29.6 Å². The Bertz CT molecular complexity index is 940. The first-order valence-corrected chi connectivity index (χ1v) is 12.1.